The number of nitrogens with zero attached hydrogens (tertiary/aromatic N) is 1. The Labute approximate surface area is 77.2 Å². The molecule has 0 aliphatic heterocycles. The maximum atomic E-state index is 8.57. The molecule has 1 radical (unpaired) electrons. The van der Waals surface area contributed by atoms with Crippen LogP contribution >= 0.6 is 0 Å². The molecule has 0 bridgehead atoms. The van der Waals surface area contributed by atoms with Crippen LogP contribution in [0.25, 0.3) is 10.8 Å². The summed E-state index contributed by atoms with van der Waals surface area (Å²) in [6.45, 7) is 0. The molecule has 0 aromatic heterocycles. The summed E-state index contributed by atoms with van der Waals surface area (Å²) in [5.41, 5.74) is 0.987. The van der Waals surface area contributed by atoms with Crippen LogP contribution in [0.4, 0.5) is 0 Å². The van der Waals surface area contributed by atoms with Gasteiger partial charge in [0.1, 0.15) is 0 Å². The van der Waals surface area contributed by atoms with Gasteiger partial charge in [0.05, 0.1) is 12.5 Å². The van der Waals surface area contributed by atoms with Crippen LogP contribution in [0.5, 0.6) is 0 Å². The summed E-state index contributed by atoms with van der Waals surface area (Å²) in [5, 5.41) is 10.9. The van der Waals surface area contributed by atoms with E-state index in [1.807, 2.05) is 42.5 Å². The quantitative estimate of drug-likeness (QED) is 0.639. The van der Waals surface area contributed by atoms with Gasteiger partial charge in [-0.3, -0.25) is 0 Å². The summed E-state index contributed by atoms with van der Waals surface area (Å²) in [6, 6.07) is 16.1. The summed E-state index contributed by atoms with van der Waals surface area (Å²) in [6.07, 6.45) is 1.57. The normalized spacial score (nSPS) is 9.77. The number of hydrogen-bond donors (Lipinski definition) is 0. The van der Waals surface area contributed by atoms with Crippen molar-refractivity contribution in [1.29, 1.82) is 5.26 Å². The van der Waals surface area contributed by atoms with Gasteiger partial charge in [-0.05, 0) is 16.3 Å². The Morgan fingerprint density at radius 2 is 1.77 bits per heavy atom. The second kappa shape index (κ2) is 3.28. The molecular formula is C12H8N. The lowest BCUT2D eigenvalue weighted by molar-refractivity contribution is 1.48. The molecule has 0 amide bonds. The van der Waals surface area contributed by atoms with Crippen LogP contribution in [-0.2, 0) is 0 Å². The minimum absolute atomic E-state index is 0.987. The number of fused-ring (bicyclic) bond motifs is 1. The van der Waals surface area contributed by atoms with Crippen molar-refractivity contribution < 1.29 is 0 Å². The molecule has 0 N–H and O–H groups in total. The first kappa shape index (κ1) is 7.82. The Morgan fingerprint density at radius 1 is 1.00 bits per heavy atom. The van der Waals surface area contributed by atoms with E-state index >= 15 is 0 Å². The van der Waals surface area contributed by atoms with Gasteiger partial charge >= 0.3 is 0 Å². The Hall–Kier alpha value is -1.81. The molecule has 0 aliphatic carbocycles. The average molecular weight is 166 g/mol. The lowest BCUT2D eigenvalue weighted by Gasteiger charge is -2.00. The summed E-state index contributed by atoms with van der Waals surface area (Å²) in [7, 11) is 0. The maximum Gasteiger partial charge on any atom is 0.0918 e. The van der Waals surface area contributed by atoms with Gasteiger partial charge < -0.3 is 0 Å². The minimum atomic E-state index is 0.987. The largest absolute Gasteiger partial charge is 0.198 e. The fourth-order valence-corrected chi connectivity index (χ4v) is 1.45. The first-order chi connectivity index (χ1) is 6.42. The van der Waals surface area contributed by atoms with E-state index in [1.165, 1.54) is 5.39 Å². The van der Waals surface area contributed by atoms with Gasteiger partial charge in [0.25, 0.3) is 0 Å². The summed E-state index contributed by atoms with van der Waals surface area (Å²) >= 11 is 0. The highest BCUT2D eigenvalue weighted by atomic mass is 14.2. The van der Waals surface area contributed by atoms with Gasteiger partial charge in [-0.1, -0.05) is 42.5 Å². The van der Waals surface area contributed by atoms with E-state index in [4.69, 9.17) is 5.26 Å². The lowest BCUT2D eigenvalue weighted by Crippen LogP contribution is -1.81. The molecule has 61 valence electrons. The van der Waals surface area contributed by atoms with Crippen molar-refractivity contribution in [2.24, 2.45) is 0 Å². The zero-order chi connectivity index (χ0) is 9.10. The van der Waals surface area contributed by atoms with Crippen molar-refractivity contribution in [3.63, 3.8) is 0 Å². The number of hydrogen-bond acceptors (Lipinski definition) is 1. The smallest absolute Gasteiger partial charge is 0.0918 e. The monoisotopic (exact) mass is 166 g/mol. The van der Waals surface area contributed by atoms with Crippen molar-refractivity contribution in [3.05, 3.63) is 54.4 Å². The molecule has 0 heterocycles. The predicted molar refractivity (Wildman–Crippen MR) is 53.0 cm³/mol. The minimum Gasteiger partial charge on any atom is -0.198 e. The number of rotatable bonds is 1. The van der Waals surface area contributed by atoms with Gasteiger partial charge in [-0.25, -0.2) is 0 Å². The molecule has 0 aliphatic rings. The highest BCUT2D eigenvalue weighted by Gasteiger charge is 1.98. The molecule has 1 heteroatoms. The van der Waals surface area contributed by atoms with Crippen LogP contribution in [0.1, 0.15) is 5.56 Å². The van der Waals surface area contributed by atoms with Gasteiger partial charge in [-0.2, -0.15) is 5.26 Å². The van der Waals surface area contributed by atoms with Crippen LogP contribution in [0.15, 0.2) is 42.5 Å². The maximum absolute atomic E-state index is 8.57. The Bertz CT molecular complexity index is 461. The van der Waals surface area contributed by atoms with E-state index in [0.29, 0.717) is 0 Å². The third-order valence-corrected chi connectivity index (χ3v) is 2.04. The average Bonchev–Trinajstić information content (AvgIpc) is 2.19. The predicted octanol–water partition coefficient (Wildman–Crippen LogP) is 2.92. The topological polar surface area (TPSA) is 23.8 Å². The van der Waals surface area contributed by atoms with Crippen molar-refractivity contribution >= 4 is 10.8 Å². The summed E-state index contributed by atoms with van der Waals surface area (Å²) in [5.74, 6) is 0. The van der Waals surface area contributed by atoms with Gasteiger partial charge in [0, 0.05) is 0 Å². The Kier molecular flexibility index (Phi) is 1.97. The summed E-state index contributed by atoms with van der Waals surface area (Å²) < 4.78 is 0. The number of benzene rings is 2. The zero-order valence-corrected chi connectivity index (χ0v) is 7.07. The first-order valence-electron chi connectivity index (χ1n) is 4.12. The molecule has 2 rings (SSSR count). The zero-order valence-electron chi connectivity index (χ0n) is 7.07. The summed E-state index contributed by atoms with van der Waals surface area (Å²) in [4.78, 5) is 0. The standard InChI is InChI=1S/C12H8N/c13-9-8-11-6-3-5-10-4-1-2-7-12(10)11/h1-8H. The van der Waals surface area contributed by atoms with E-state index in [-0.39, 0.29) is 0 Å². The third kappa shape index (κ3) is 1.39. The van der Waals surface area contributed by atoms with Gasteiger partial charge in [-0.15, -0.1) is 0 Å². The molecule has 0 saturated carbocycles. The SMILES string of the molecule is N#C[CH]c1cccc2ccccc12. The van der Waals surface area contributed by atoms with E-state index in [0.717, 1.165) is 10.9 Å². The highest BCUT2D eigenvalue weighted by molar-refractivity contribution is 5.87. The first-order valence-corrected chi connectivity index (χ1v) is 4.12. The molecule has 13 heavy (non-hydrogen) atoms. The Balaban J connectivity index is 2.70. The second-order valence-electron chi connectivity index (χ2n) is 2.84. The molecule has 2 aromatic carbocycles. The second-order valence-corrected chi connectivity index (χ2v) is 2.84. The van der Waals surface area contributed by atoms with Crippen molar-refractivity contribution in [2.75, 3.05) is 0 Å². The van der Waals surface area contributed by atoms with Crippen LogP contribution in [-0.4, -0.2) is 0 Å². The molecule has 0 saturated heterocycles. The third-order valence-electron chi connectivity index (χ3n) is 2.04. The van der Waals surface area contributed by atoms with Crippen molar-refractivity contribution in [2.45, 2.75) is 0 Å². The molecule has 1 nitrogen and oxygen atoms in total. The van der Waals surface area contributed by atoms with E-state index in [9.17, 15) is 0 Å². The van der Waals surface area contributed by atoms with Crippen LogP contribution in [0.2, 0.25) is 0 Å². The molecular weight excluding hydrogens is 158 g/mol. The Morgan fingerprint density at radius 3 is 2.62 bits per heavy atom. The van der Waals surface area contributed by atoms with Gasteiger partial charge in [0.15, 0.2) is 0 Å². The van der Waals surface area contributed by atoms with Crippen LogP contribution in [0.3, 0.4) is 0 Å². The highest BCUT2D eigenvalue weighted by Crippen LogP contribution is 2.19. The van der Waals surface area contributed by atoms with Crippen molar-refractivity contribution in [3.8, 4) is 6.07 Å². The van der Waals surface area contributed by atoms with Crippen LogP contribution < -0.4 is 0 Å². The van der Waals surface area contributed by atoms with Gasteiger partial charge in [0.2, 0.25) is 0 Å². The van der Waals surface area contributed by atoms with E-state index in [1.54, 1.807) is 6.42 Å². The lowest BCUT2D eigenvalue weighted by atomic mass is 10.0. The molecule has 0 atom stereocenters. The fourth-order valence-electron chi connectivity index (χ4n) is 1.45. The molecule has 0 fully saturated rings. The number of nitriles is 1. The van der Waals surface area contributed by atoms with Crippen LogP contribution in [0, 0.1) is 17.8 Å². The van der Waals surface area contributed by atoms with E-state index < -0.39 is 0 Å². The molecule has 0 spiro atoms. The molecule has 2 aromatic rings. The van der Waals surface area contributed by atoms with E-state index in [2.05, 4.69) is 6.07 Å². The molecule has 0 unspecified atom stereocenters. The van der Waals surface area contributed by atoms with Crippen molar-refractivity contribution in [1.82, 2.24) is 0 Å². The fraction of sp³-hybridized carbons (Fsp3) is 0.